The lowest BCUT2D eigenvalue weighted by molar-refractivity contribution is 0.434. The number of thioether (sulfide) groups is 1. The first kappa shape index (κ1) is 10.1. The smallest absolute Gasteiger partial charge is 0.0331 e. The zero-order valence-electron chi connectivity index (χ0n) is 8.36. The summed E-state index contributed by atoms with van der Waals surface area (Å²) in [5.74, 6) is 3.23. The van der Waals surface area contributed by atoms with Crippen molar-refractivity contribution in [2.75, 3.05) is 11.5 Å². The molecular weight excluding hydrogens is 190 g/mol. The Hall–Kier alpha value is -0.470. The normalized spacial score (nSPS) is 24.5. The van der Waals surface area contributed by atoms with Gasteiger partial charge in [-0.15, -0.1) is 0 Å². The van der Waals surface area contributed by atoms with E-state index in [1.807, 2.05) is 17.8 Å². The van der Waals surface area contributed by atoms with Crippen LogP contribution in [0, 0.1) is 5.92 Å². The second-order valence-corrected chi connectivity index (χ2v) is 5.06. The van der Waals surface area contributed by atoms with E-state index in [2.05, 4.69) is 24.3 Å². The SMILES string of the molecule is NC(c1ccccc1)C1CCCSC1. The lowest BCUT2D eigenvalue weighted by atomic mass is 9.91. The number of nitrogens with two attached hydrogens (primary N) is 1. The maximum atomic E-state index is 6.26. The van der Waals surface area contributed by atoms with E-state index >= 15 is 0 Å². The van der Waals surface area contributed by atoms with Gasteiger partial charge in [0.05, 0.1) is 0 Å². The van der Waals surface area contributed by atoms with E-state index in [1.54, 1.807) is 0 Å². The van der Waals surface area contributed by atoms with Gasteiger partial charge in [0.25, 0.3) is 0 Å². The molecular formula is C12H17NS. The molecule has 2 unspecified atom stereocenters. The molecule has 1 fully saturated rings. The minimum absolute atomic E-state index is 0.240. The zero-order chi connectivity index (χ0) is 9.80. The highest BCUT2D eigenvalue weighted by Crippen LogP contribution is 2.31. The van der Waals surface area contributed by atoms with E-state index in [4.69, 9.17) is 5.73 Å². The fraction of sp³-hybridized carbons (Fsp3) is 0.500. The van der Waals surface area contributed by atoms with E-state index in [9.17, 15) is 0 Å². The predicted octanol–water partition coefficient (Wildman–Crippen LogP) is 2.83. The summed E-state index contributed by atoms with van der Waals surface area (Å²) in [5, 5.41) is 0. The molecule has 0 aromatic heterocycles. The van der Waals surface area contributed by atoms with Crippen LogP contribution in [0.25, 0.3) is 0 Å². The first-order chi connectivity index (χ1) is 6.88. The third-order valence-corrected chi connectivity index (χ3v) is 4.13. The number of benzene rings is 1. The number of hydrogen-bond donors (Lipinski definition) is 1. The van der Waals surface area contributed by atoms with Crippen molar-refractivity contribution in [3.8, 4) is 0 Å². The highest BCUT2D eigenvalue weighted by molar-refractivity contribution is 7.99. The summed E-state index contributed by atoms with van der Waals surface area (Å²) in [6.45, 7) is 0. The number of rotatable bonds is 2. The van der Waals surface area contributed by atoms with Gasteiger partial charge in [0.1, 0.15) is 0 Å². The molecule has 2 N–H and O–H groups in total. The van der Waals surface area contributed by atoms with Crippen molar-refractivity contribution >= 4 is 11.8 Å². The van der Waals surface area contributed by atoms with E-state index in [0.29, 0.717) is 5.92 Å². The van der Waals surface area contributed by atoms with E-state index < -0.39 is 0 Å². The molecule has 1 nitrogen and oxygen atoms in total. The summed E-state index contributed by atoms with van der Waals surface area (Å²) >= 11 is 2.05. The first-order valence-corrected chi connectivity index (χ1v) is 6.41. The lowest BCUT2D eigenvalue weighted by Gasteiger charge is -2.27. The van der Waals surface area contributed by atoms with Crippen molar-refractivity contribution in [3.05, 3.63) is 35.9 Å². The molecule has 1 saturated heterocycles. The maximum absolute atomic E-state index is 6.26. The third kappa shape index (κ3) is 2.31. The van der Waals surface area contributed by atoms with Gasteiger partial charge in [0.15, 0.2) is 0 Å². The minimum atomic E-state index is 0.240. The molecule has 1 aliphatic heterocycles. The summed E-state index contributed by atoms with van der Waals surface area (Å²) in [6, 6.07) is 10.7. The molecule has 1 heterocycles. The van der Waals surface area contributed by atoms with Gasteiger partial charge >= 0.3 is 0 Å². The molecule has 0 amide bonds. The van der Waals surface area contributed by atoms with Gasteiger partial charge in [-0.2, -0.15) is 11.8 Å². The summed E-state index contributed by atoms with van der Waals surface area (Å²) in [7, 11) is 0. The van der Waals surface area contributed by atoms with E-state index in [1.165, 1.54) is 29.9 Å². The second-order valence-electron chi connectivity index (χ2n) is 3.91. The molecule has 14 heavy (non-hydrogen) atoms. The Labute approximate surface area is 90.1 Å². The van der Waals surface area contributed by atoms with Crippen LogP contribution in [0.15, 0.2) is 30.3 Å². The summed E-state index contributed by atoms with van der Waals surface area (Å²) < 4.78 is 0. The summed E-state index contributed by atoms with van der Waals surface area (Å²) in [4.78, 5) is 0. The van der Waals surface area contributed by atoms with Gasteiger partial charge in [0, 0.05) is 6.04 Å². The van der Waals surface area contributed by atoms with Crippen LogP contribution in [-0.4, -0.2) is 11.5 Å². The molecule has 1 aromatic carbocycles. The average Bonchev–Trinajstić information content (AvgIpc) is 2.30. The Morgan fingerprint density at radius 3 is 2.71 bits per heavy atom. The zero-order valence-corrected chi connectivity index (χ0v) is 9.17. The quantitative estimate of drug-likeness (QED) is 0.807. The van der Waals surface area contributed by atoms with Crippen LogP contribution in [-0.2, 0) is 0 Å². The van der Waals surface area contributed by atoms with E-state index in [-0.39, 0.29) is 6.04 Å². The van der Waals surface area contributed by atoms with Gasteiger partial charge in [-0.25, -0.2) is 0 Å². The molecule has 0 spiro atoms. The lowest BCUT2D eigenvalue weighted by Crippen LogP contribution is -2.25. The Bertz CT molecular complexity index is 267. The van der Waals surface area contributed by atoms with Crippen LogP contribution in [0.2, 0.25) is 0 Å². The molecule has 2 heteroatoms. The molecule has 1 aliphatic rings. The average molecular weight is 207 g/mol. The fourth-order valence-electron chi connectivity index (χ4n) is 2.00. The van der Waals surface area contributed by atoms with Crippen LogP contribution >= 0.6 is 11.8 Å². The molecule has 76 valence electrons. The highest BCUT2D eigenvalue weighted by atomic mass is 32.2. The van der Waals surface area contributed by atoms with Crippen molar-refractivity contribution in [2.45, 2.75) is 18.9 Å². The van der Waals surface area contributed by atoms with Gasteiger partial charge in [-0.3, -0.25) is 0 Å². The van der Waals surface area contributed by atoms with E-state index in [0.717, 1.165) is 0 Å². The Morgan fingerprint density at radius 1 is 1.29 bits per heavy atom. The van der Waals surface area contributed by atoms with Crippen LogP contribution in [0.1, 0.15) is 24.4 Å². The van der Waals surface area contributed by atoms with Crippen molar-refractivity contribution < 1.29 is 0 Å². The molecule has 0 aliphatic carbocycles. The largest absolute Gasteiger partial charge is 0.324 e. The van der Waals surface area contributed by atoms with Gasteiger partial charge in [-0.05, 0) is 35.8 Å². The monoisotopic (exact) mass is 207 g/mol. The standard InChI is InChI=1S/C12H17NS/c13-12(10-5-2-1-3-6-10)11-7-4-8-14-9-11/h1-3,5-6,11-12H,4,7-9,13H2. The molecule has 1 aromatic rings. The van der Waals surface area contributed by atoms with Crippen LogP contribution in [0.5, 0.6) is 0 Å². The molecule has 0 bridgehead atoms. The minimum Gasteiger partial charge on any atom is -0.324 e. The van der Waals surface area contributed by atoms with Gasteiger partial charge < -0.3 is 5.73 Å². The third-order valence-electron chi connectivity index (χ3n) is 2.89. The molecule has 0 saturated carbocycles. The maximum Gasteiger partial charge on any atom is 0.0331 e. The summed E-state index contributed by atoms with van der Waals surface area (Å²) in [5.41, 5.74) is 7.55. The van der Waals surface area contributed by atoms with Crippen molar-refractivity contribution in [1.29, 1.82) is 0 Å². The topological polar surface area (TPSA) is 26.0 Å². The van der Waals surface area contributed by atoms with Crippen LogP contribution in [0.4, 0.5) is 0 Å². The predicted molar refractivity (Wildman–Crippen MR) is 63.4 cm³/mol. The van der Waals surface area contributed by atoms with Crippen molar-refractivity contribution in [2.24, 2.45) is 11.7 Å². The first-order valence-electron chi connectivity index (χ1n) is 5.26. The van der Waals surface area contributed by atoms with Crippen molar-refractivity contribution in [1.82, 2.24) is 0 Å². The second kappa shape index (κ2) is 4.85. The Kier molecular flexibility index (Phi) is 3.49. The highest BCUT2D eigenvalue weighted by Gasteiger charge is 2.21. The Morgan fingerprint density at radius 2 is 2.07 bits per heavy atom. The number of hydrogen-bond acceptors (Lipinski definition) is 2. The molecule has 0 radical (unpaired) electrons. The van der Waals surface area contributed by atoms with Gasteiger partial charge in [0.2, 0.25) is 0 Å². The fourth-order valence-corrected chi connectivity index (χ4v) is 3.21. The Balaban J connectivity index is 2.03. The molecule has 2 atom stereocenters. The van der Waals surface area contributed by atoms with Crippen LogP contribution < -0.4 is 5.73 Å². The van der Waals surface area contributed by atoms with Gasteiger partial charge in [-0.1, -0.05) is 30.3 Å². The van der Waals surface area contributed by atoms with Crippen LogP contribution in [0.3, 0.4) is 0 Å². The molecule has 2 rings (SSSR count). The summed E-state index contributed by atoms with van der Waals surface area (Å²) in [6.07, 6.45) is 2.62. The van der Waals surface area contributed by atoms with Crippen molar-refractivity contribution in [3.63, 3.8) is 0 Å².